The molecule has 0 aliphatic carbocycles. The second-order valence-corrected chi connectivity index (χ2v) is 5.91. The SMILES string of the molecule is Cc1cccc(N2C(=O)N[C@H](CCC(=O)NCc3ccco3)C2=O)c1. The first-order chi connectivity index (χ1) is 12.0. The van der Waals surface area contributed by atoms with Crippen LogP contribution in [0, 0.1) is 6.92 Å². The Hall–Kier alpha value is -3.09. The predicted octanol–water partition coefficient (Wildman–Crippen LogP) is 2.11. The van der Waals surface area contributed by atoms with Crippen LogP contribution in [-0.2, 0) is 16.1 Å². The molecule has 0 spiro atoms. The van der Waals surface area contributed by atoms with E-state index in [0.717, 1.165) is 10.5 Å². The highest BCUT2D eigenvalue weighted by molar-refractivity contribution is 6.21. The zero-order valence-corrected chi connectivity index (χ0v) is 13.8. The minimum atomic E-state index is -0.692. The third kappa shape index (κ3) is 3.88. The zero-order valence-electron chi connectivity index (χ0n) is 13.8. The molecule has 1 aromatic carbocycles. The number of urea groups is 1. The lowest BCUT2D eigenvalue weighted by atomic mass is 10.1. The van der Waals surface area contributed by atoms with Crippen molar-refractivity contribution in [2.45, 2.75) is 32.4 Å². The van der Waals surface area contributed by atoms with E-state index in [9.17, 15) is 14.4 Å². The minimum Gasteiger partial charge on any atom is -0.467 e. The van der Waals surface area contributed by atoms with Crippen LogP contribution in [0.4, 0.5) is 10.5 Å². The lowest BCUT2D eigenvalue weighted by Gasteiger charge is -2.13. The van der Waals surface area contributed by atoms with Gasteiger partial charge in [0.05, 0.1) is 18.5 Å². The van der Waals surface area contributed by atoms with Crippen molar-refractivity contribution in [1.82, 2.24) is 10.6 Å². The standard InChI is InChI=1S/C18H19N3O4/c1-12-4-2-5-13(10-12)21-17(23)15(20-18(21)24)7-8-16(22)19-11-14-6-3-9-25-14/h2-6,9-10,15H,7-8,11H2,1H3,(H,19,22)(H,20,24)/t15-/m1/s1. The highest BCUT2D eigenvalue weighted by Gasteiger charge is 2.38. The van der Waals surface area contributed by atoms with Gasteiger partial charge in [0.2, 0.25) is 5.91 Å². The summed E-state index contributed by atoms with van der Waals surface area (Å²) in [5.41, 5.74) is 1.49. The Bertz CT molecular complexity index is 785. The number of imide groups is 1. The van der Waals surface area contributed by atoms with Crippen LogP contribution in [-0.4, -0.2) is 23.9 Å². The van der Waals surface area contributed by atoms with Crippen molar-refractivity contribution in [2.24, 2.45) is 0 Å². The summed E-state index contributed by atoms with van der Waals surface area (Å²) in [6.07, 6.45) is 1.92. The van der Waals surface area contributed by atoms with Gasteiger partial charge in [-0.1, -0.05) is 12.1 Å². The molecule has 3 rings (SSSR count). The van der Waals surface area contributed by atoms with Crippen molar-refractivity contribution in [3.05, 3.63) is 54.0 Å². The minimum absolute atomic E-state index is 0.138. The molecule has 7 heteroatoms. The highest BCUT2D eigenvalue weighted by Crippen LogP contribution is 2.22. The summed E-state index contributed by atoms with van der Waals surface area (Å²) < 4.78 is 5.13. The number of anilines is 1. The predicted molar refractivity (Wildman–Crippen MR) is 90.8 cm³/mol. The third-order valence-corrected chi connectivity index (χ3v) is 3.98. The average Bonchev–Trinajstić information content (AvgIpc) is 3.19. The molecule has 2 aromatic rings. The van der Waals surface area contributed by atoms with Gasteiger partial charge >= 0.3 is 6.03 Å². The Balaban J connectivity index is 1.54. The van der Waals surface area contributed by atoms with Gasteiger partial charge in [0, 0.05) is 6.42 Å². The van der Waals surface area contributed by atoms with Crippen LogP contribution in [0.25, 0.3) is 0 Å². The normalized spacial score (nSPS) is 16.8. The molecule has 1 aliphatic heterocycles. The molecule has 1 saturated heterocycles. The highest BCUT2D eigenvalue weighted by atomic mass is 16.3. The summed E-state index contributed by atoms with van der Waals surface area (Å²) in [7, 11) is 0. The van der Waals surface area contributed by atoms with Crippen LogP contribution in [0.2, 0.25) is 0 Å². The van der Waals surface area contributed by atoms with Crippen molar-refractivity contribution >= 4 is 23.5 Å². The first-order valence-corrected chi connectivity index (χ1v) is 8.05. The quantitative estimate of drug-likeness (QED) is 0.787. The van der Waals surface area contributed by atoms with E-state index < -0.39 is 12.1 Å². The smallest absolute Gasteiger partial charge is 0.329 e. The fourth-order valence-corrected chi connectivity index (χ4v) is 2.70. The van der Waals surface area contributed by atoms with Crippen LogP contribution in [0.5, 0.6) is 0 Å². The number of carbonyl (C=O) groups excluding carboxylic acids is 3. The second kappa shape index (κ2) is 7.21. The molecule has 0 radical (unpaired) electrons. The molecule has 1 aliphatic rings. The molecule has 0 bridgehead atoms. The molecule has 1 aromatic heterocycles. The molecule has 2 N–H and O–H groups in total. The van der Waals surface area contributed by atoms with Crippen molar-refractivity contribution in [3.63, 3.8) is 0 Å². The molecule has 130 valence electrons. The lowest BCUT2D eigenvalue weighted by molar-refractivity contribution is -0.122. The van der Waals surface area contributed by atoms with E-state index in [-0.39, 0.29) is 24.7 Å². The summed E-state index contributed by atoms with van der Waals surface area (Å²) in [5, 5.41) is 5.35. The molecule has 4 amide bonds. The topological polar surface area (TPSA) is 91.7 Å². The Labute approximate surface area is 145 Å². The van der Waals surface area contributed by atoms with Gasteiger partial charge < -0.3 is 15.1 Å². The van der Waals surface area contributed by atoms with Gasteiger partial charge in [-0.15, -0.1) is 0 Å². The summed E-state index contributed by atoms with van der Waals surface area (Å²) in [4.78, 5) is 37.6. The number of hydrogen-bond acceptors (Lipinski definition) is 4. The fraction of sp³-hybridized carbons (Fsp3) is 0.278. The monoisotopic (exact) mass is 341 g/mol. The van der Waals surface area contributed by atoms with Gasteiger partial charge in [-0.2, -0.15) is 0 Å². The number of furan rings is 1. The molecule has 25 heavy (non-hydrogen) atoms. The average molecular weight is 341 g/mol. The maximum atomic E-state index is 12.5. The molecular formula is C18H19N3O4. The van der Waals surface area contributed by atoms with E-state index in [1.54, 1.807) is 30.3 Å². The maximum absolute atomic E-state index is 12.5. The molecule has 2 heterocycles. The number of benzene rings is 1. The van der Waals surface area contributed by atoms with Crippen molar-refractivity contribution in [2.75, 3.05) is 4.90 Å². The van der Waals surface area contributed by atoms with Gasteiger partial charge in [-0.05, 0) is 43.2 Å². The lowest BCUT2D eigenvalue weighted by Crippen LogP contribution is -2.32. The molecule has 1 atom stereocenters. The van der Waals surface area contributed by atoms with Crippen LogP contribution in [0.3, 0.4) is 0 Å². The summed E-state index contributed by atoms with van der Waals surface area (Å²) >= 11 is 0. The second-order valence-electron chi connectivity index (χ2n) is 5.91. The molecule has 0 unspecified atom stereocenters. The number of hydrogen-bond donors (Lipinski definition) is 2. The molecule has 0 saturated carbocycles. The third-order valence-electron chi connectivity index (χ3n) is 3.98. The maximum Gasteiger partial charge on any atom is 0.329 e. The van der Waals surface area contributed by atoms with E-state index in [2.05, 4.69) is 10.6 Å². The van der Waals surface area contributed by atoms with E-state index in [4.69, 9.17) is 4.42 Å². The number of amides is 4. The number of nitrogens with one attached hydrogen (secondary N) is 2. The molecular weight excluding hydrogens is 322 g/mol. The van der Waals surface area contributed by atoms with Crippen LogP contribution >= 0.6 is 0 Å². The number of aryl methyl sites for hydroxylation is 1. The van der Waals surface area contributed by atoms with Crippen molar-refractivity contribution in [1.29, 1.82) is 0 Å². The van der Waals surface area contributed by atoms with Gasteiger partial charge in [0.15, 0.2) is 0 Å². The van der Waals surface area contributed by atoms with E-state index >= 15 is 0 Å². The fourth-order valence-electron chi connectivity index (χ4n) is 2.70. The van der Waals surface area contributed by atoms with Crippen molar-refractivity contribution in [3.8, 4) is 0 Å². The Morgan fingerprint density at radius 3 is 2.84 bits per heavy atom. The van der Waals surface area contributed by atoms with Gasteiger partial charge in [0.25, 0.3) is 5.91 Å². The molecule has 1 fully saturated rings. The van der Waals surface area contributed by atoms with Crippen LogP contribution in [0.15, 0.2) is 47.1 Å². The largest absolute Gasteiger partial charge is 0.467 e. The number of rotatable bonds is 6. The Kier molecular flexibility index (Phi) is 4.83. The van der Waals surface area contributed by atoms with Gasteiger partial charge in [0.1, 0.15) is 11.8 Å². The summed E-state index contributed by atoms with van der Waals surface area (Å²) in [6.45, 7) is 2.19. The van der Waals surface area contributed by atoms with E-state index in [1.165, 1.54) is 6.26 Å². The van der Waals surface area contributed by atoms with Crippen LogP contribution < -0.4 is 15.5 Å². The summed E-state index contributed by atoms with van der Waals surface area (Å²) in [6, 6.07) is 9.52. The molecule has 7 nitrogen and oxygen atoms in total. The Morgan fingerprint density at radius 1 is 1.28 bits per heavy atom. The van der Waals surface area contributed by atoms with Crippen LogP contribution in [0.1, 0.15) is 24.2 Å². The zero-order chi connectivity index (χ0) is 17.8. The summed E-state index contributed by atoms with van der Waals surface area (Å²) in [5.74, 6) is 0.117. The Morgan fingerprint density at radius 2 is 2.12 bits per heavy atom. The number of nitrogens with zero attached hydrogens (tertiary/aromatic N) is 1. The first-order valence-electron chi connectivity index (χ1n) is 8.05. The van der Waals surface area contributed by atoms with Crippen molar-refractivity contribution < 1.29 is 18.8 Å². The number of carbonyl (C=O) groups is 3. The first kappa shape index (κ1) is 16.8. The van der Waals surface area contributed by atoms with E-state index in [1.807, 2.05) is 13.0 Å². The van der Waals surface area contributed by atoms with Gasteiger partial charge in [-0.3, -0.25) is 9.59 Å². The van der Waals surface area contributed by atoms with E-state index in [0.29, 0.717) is 18.0 Å². The van der Waals surface area contributed by atoms with Gasteiger partial charge in [-0.25, -0.2) is 9.69 Å².